The third-order valence-electron chi connectivity index (χ3n) is 4.36. The van der Waals surface area contributed by atoms with Gasteiger partial charge >= 0.3 is 5.97 Å². The van der Waals surface area contributed by atoms with Gasteiger partial charge in [-0.1, -0.05) is 30.3 Å². The van der Waals surface area contributed by atoms with Gasteiger partial charge in [-0.05, 0) is 30.5 Å². The fraction of sp³-hybridized carbons (Fsp3) is 0.263. The van der Waals surface area contributed by atoms with E-state index in [2.05, 4.69) is 5.32 Å². The molecule has 2 aromatic rings. The number of hydrogen-bond acceptors (Lipinski definition) is 5. The lowest BCUT2D eigenvalue weighted by Gasteiger charge is -2.33. The Morgan fingerprint density at radius 3 is 2.35 bits per heavy atom. The topological polar surface area (TPSA) is 98.5 Å². The molecule has 2 aromatic carbocycles. The number of hydrogen-bond donors (Lipinski definition) is 1. The molecule has 0 atom stereocenters. The molecule has 1 fully saturated rings. The van der Waals surface area contributed by atoms with Crippen LogP contribution < -0.4 is 5.32 Å². The largest absolute Gasteiger partial charge is 0.459 e. The van der Waals surface area contributed by atoms with E-state index in [1.165, 1.54) is 24.3 Å². The first kappa shape index (κ1) is 17.6. The third-order valence-corrected chi connectivity index (χ3v) is 4.36. The predicted octanol–water partition coefficient (Wildman–Crippen LogP) is 2.85. The molecule has 1 saturated carbocycles. The first-order valence-electron chi connectivity index (χ1n) is 8.30. The molecule has 3 rings (SSSR count). The first-order chi connectivity index (χ1) is 12.5. The van der Waals surface area contributed by atoms with Gasteiger partial charge in [0.2, 0.25) is 5.91 Å². The molecular weight excluding hydrogens is 336 g/mol. The van der Waals surface area contributed by atoms with Gasteiger partial charge in [0.15, 0.2) is 0 Å². The van der Waals surface area contributed by atoms with Crippen molar-refractivity contribution in [2.24, 2.45) is 5.92 Å². The van der Waals surface area contributed by atoms with Gasteiger partial charge in [-0.25, -0.2) is 4.79 Å². The Hall–Kier alpha value is -3.22. The zero-order chi connectivity index (χ0) is 18.5. The molecule has 0 aromatic heterocycles. The molecule has 0 saturated heterocycles. The van der Waals surface area contributed by atoms with Gasteiger partial charge in [0, 0.05) is 24.6 Å². The summed E-state index contributed by atoms with van der Waals surface area (Å²) >= 11 is 0. The Bertz CT molecular complexity index is 798. The van der Waals surface area contributed by atoms with Gasteiger partial charge in [-0.15, -0.1) is 0 Å². The lowest BCUT2D eigenvalue weighted by atomic mass is 9.81. The van der Waals surface area contributed by atoms with E-state index in [-0.39, 0.29) is 29.2 Å². The van der Waals surface area contributed by atoms with Crippen LogP contribution in [0.1, 0.15) is 28.8 Å². The number of nitro benzene ring substituents is 1. The van der Waals surface area contributed by atoms with Gasteiger partial charge in [0.25, 0.3) is 5.69 Å². The summed E-state index contributed by atoms with van der Waals surface area (Å²) in [5, 5.41) is 13.5. The molecule has 1 aliphatic rings. The maximum Gasteiger partial charge on any atom is 0.338 e. The number of rotatable bonds is 6. The maximum absolute atomic E-state index is 12.1. The van der Waals surface area contributed by atoms with Gasteiger partial charge in [0.1, 0.15) is 6.10 Å². The summed E-state index contributed by atoms with van der Waals surface area (Å²) in [4.78, 5) is 34.2. The Kier molecular flexibility index (Phi) is 5.26. The number of carbonyl (C=O) groups is 2. The zero-order valence-corrected chi connectivity index (χ0v) is 14.0. The Labute approximate surface area is 150 Å². The number of esters is 1. The molecule has 0 spiro atoms. The molecule has 0 radical (unpaired) electrons. The molecular formula is C19H18N2O5. The third kappa shape index (κ3) is 4.24. The van der Waals surface area contributed by atoms with Crippen LogP contribution in [0, 0.1) is 16.0 Å². The highest BCUT2D eigenvalue weighted by Gasteiger charge is 2.37. The predicted molar refractivity (Wildman–Crippen MR) is 93.3 cm³/mol. The summed E-state index contributed by atoms with van der Waals surface area (Å²) < 4.78 is 5.33. The fourth-order valence-electron chi connectivity index (χ4n) is 2.74. The molecule has 134 valence electrons. The average molecular weight is 354 g/mol. The minimum Gasteiger partial charge on any atom is -0.459 e. The second kappa shape index (κ2) is 7.77. The van der Waals surface area contributed by atoms with Crippen molar-refractivity contribution in [3.05, 3.63) is 75.8 Å². The fourth-order valence-corrected chi connectivity index (χ4v) is 2.74. The smallest absolute Gasteiger partial charge is 0.338 e. The molecule has 1 aliphatic carbocycles. The van der Waals surface area contributed by atoms with Crippen molar-refractivity contribution in [3.8, 4) is 0 Å². The van der Waals surface area contributed by atoms with Gasteiger partial charge in [0.05, 0.1) is 10.5 Å². The Balaban J connectivity index is 1.42. The number of ether oxygens (including phenoxy) is 1. The second-order valence-corrected chi connectivity index (χ2v) is 6.20. The van der Waals surface area contributed by atoms with Crippen LogP contribution in [0.4, 0.5) is 5.69 Å². The highest BCUT2D eigenvalue weighted by Crippen LogP contribution is 2.31. The number of non-ortho nitro benzene ring substituents is 1. The van der Waals surface area contributed by atoms with Crippen molar-refractivity contribution in [1.29, 1.82) is 0 Å². The Morgan fingerprint density at radius 2 is 1.73 bits per heavy atom. The molecule has 26 heavy (non-hydrogen) atoms. The number of benzene rings is 2. The van der Waals surface area contributed by atoms with Gasteiger partial charge in [-0.3, -0.25) is 14.9 Å². The summed E-state index contributed by atoms with van der Waals surface area (Å²) in [6, 6.07) is 14.9. The summed E-state index contributed by atoms with van der Waals surface area (Å²) in [6.45, 7) is 0.476. The highest BCUT2D eigenvalue weighted by molar-refractivity contribution is 5.90. The molecule has 0 unspecified atom stereocenters. The number of nitrogens with zero attached hydrogens (tertiary/aromatic N) is 1. The van der Waals surface area contributed by atoms with Crippen molar-refractivity contribution in [1.82, 2.24) is 5.32 Å². The van der Waals surface area contributed by atoms with E-state index >= 15 is 0 Å². The van der Waals surface area contributed by atoms with E-state index in [1.54, 1.807) is 0 Å². The van der Waals surface area contributed by atoms with Gasteiger partial charge < -0.3 is 10.1 Å². The van der Waals surface area contributed by atoms with Crippen molar-refractivity contribution < 1.29 is 19.2 Å². The van der Waals surface area contributed by atoms with Crippen LogP contribution in [0.15, 0.2) is 54.6 Å². The monoisotopic (exact) mass is 354 g/mol. The lowest BCUT2D eigenvalue weighted by molar-refractivity contribution is -0.384. The van der Waals surface area contributed by atoms with E-state index in [0.29, 0.717) is 19.4 Å². The first-order valence-corrected chi connectivity index (χ1v) is 8.30. The zero-order valence-electron chi connectivity index (χ0n) is 14.0. The summed E-state index contributed by atoms with van der Waals surface area (Å²) in [6.07, 6.45) is 0.670. The molecule has 0 aliphatic heterocycles. The van der Waals surface area contributed by atoms with E-state index < -0.39 is 10.9 Å². The van der Waals surface area contributed by atoms with E-state index in [1.807, 2.05) is 30.3 Å². The SMILES string of the molecule is O=C(OC1CC(C(=O)NCc2ccccc2)C1)c1ccc([N+](=O)[O-])cc1. The minimum absolute atomic E-state index is 0.0449. The van der Waals surface area contributed by atoms with E-state index in [0.717, 1.165) is 5.56 Å². The van der Waals surface area contributed by atoms with Crippen molar-refractivity contribution in [3.63, 3.8) is 0 Å². The normalized spacial score (nSPS) is 18.5. The number of nitrogens with one attached hydrogen (secondary N) is 1. The maximum atomic E-state index is 12.1. The Morgan fingerprint density at radius 1 is 1.08 bits per heavy atom. The van der Waals surface area contributed by atoms with Crippen LogP contribution in [0.25, 0.3) is 0 Å². The summed E-state index contributed by atoms with van der Waals surface area (Å²) in [5.74, 6) is -0.738. The van der Waals surface area contributed by atoms with Crippen LogP contribution in [-0.4, -0.2) is 22.9 Å². The van der Waals surface area contributed by atoms with Crippen molar-refractivity contribution in [2.45, 2.75) is 25.5 Å². The second-order valence-electron chi connectivity index (χ2n) is 6.20. The van der Waals surface area contributed by atoms with Gasteiger partial charge in [-0.2, -0.15) is 0 Å². The van der Waals surface area contributed by atoms with Crippen molar-refractivity contribution in [2.75, 3.05) is 0 Å². The molecule has 7 heteroatoms. The van der Waals surface area contributed by atoms with Crippen molar-refractivity contribution >= 4 is 17.6 Å². The van der Waals surface area contributed by atoms with Crippen LogP contribution in [0.2, 0.25) is 0 Å². The molecule has 1 N–H and O–H groups in total. The van der Waals surface area contributed by atoms with Crippen LogP contribution >= 0.6 is 0 Å². The highest BCUT2D eigenvalue weighted by atomic mass is 16.6. The standard InChI is InChI=1S/C19H18N2O5/c22-18(20-12-13-4-2-1-3-5-13)15-10-17(11-15)26-19(23)14-6-8-16(9-7-14)21(24)25/h1-9,15,17H,10-12H2,(H,20,22). The van der Waals surface area contributed by atoms with Crippen LogP contribution in [0.3, 0.4) is 0 Å². The molecule has 0 bridgehead atoms. The van der Waals surface area contributed by atoms with E-state index in [9.17, 15) is 19.7 Å². The summed E-state index contributed by atoms with van der Waals surface area (Å²) in [5.41, 5.74) is 1.20. The quantitative estimate of drug-likeness (QED) is 0.488. The lowest BCUT2D eigenvalue weighted by Crippen LogP contribution is -2.42. The number of carbonyl (C=O) groups excluding carboxylic acids is 2. The molecule has 7 nitrogen and oxygen atoms in total. The number of nitro groups is 1. The molecule has 0 heterocycles. The van der Waals surface area contributed by atoms with Crippen LogP contribution in [-0.2, 0) is 16.1 Å². The summed E-state index contributed by atoms with van der Waals surface area (Å²) in [7, 11) is 0. The minimum atomic E-state index is -0.534. The molecule has 1 amide bonds. The van der Waals surface area contributed by atoms with Crippen LogP contribution in [0.5, 0.6) is 0 Å². The average Bonchev–Trinajstić information content (AvgIpc) is 2.63. The number of amides is 1. The van der Waals surface area contributed by atoms with E-state index in [4.69, 9.17) is 4.74 Å².